The summed E-state index contributed by atoms with van der Waals surface area (Å²) in [7, 11) is 0. The van der Waals surface area contributed by atoms with Crippen molar-refractivity contribution in [1.29, 1.82) is 0 Å². The van der Waals surface area contributed by atoms with Gasteiger partial charge in [0, 0.05) is 18.2 Å². The molecule has 1 aromatic heterocycles. The van der Waals surface area contributed by atoms with Gasteiger partial charge in [0.25, 0.3) is 0 Å². The second kappa shape index (κ2) is 7.04. The molecule has 0 spiro atoms. The standard InChI is InChI=1S/C15H22N4/c1-3-4-8-12(2)16-11-14-15(18-19-17-14)13-9-6-5-7-10-13/h5-7,9-10,12,16H,3-4,8,11H2,1-2H3,(H,17,18,19). The van der Waals surface area contributed by atoms with Crippen molar-refractivity contribution < 1.29 is 0 Å². The molecule has 0 bridgehead atoms. The van der Waals surface area contributed by atoms with E-state index in [9.17, 15) is 0 Å². The molecule has 0 saturated heterocycles. The molecule has 0 aliphatic carbocycles. The lowest BCUT2D eigenvalue weighted by Crippen LogP contribution is -2.25. The lowest BCUT2D eigenvalue weighted by atomic mass is 10.1. The van der Waals surface area contributed by atoms with E-state index in [1.165, 1.54) is 19.3 Å². The van der Waals surface area contributed by atoms with Crippen LogP contribution in [0.4, 0.5) is 0 Å². The number of nitrogens with zero attached hydrogens (tertiary/aromatic N) is 2. The highest BCUT2D eigenvalue weighted by Crippen LogP contribution is 2.18. The predicted octanol–water partition coefficient (Wildman–Crippen LogP) is 3.14. The minimum Gasteiger partial charge on any atom is -0.309 e. The van der Waals surface area contributed by atoms with Gasteiger partial charge < -0.3 is 5.32 Å². The van der Waals surface area contributed by atoms with E-state index in [2.05, 4.69) is 46.7 Å². The van der Waals surface area contributed by atoms with Gasteiger partial charge in [0.05, 0.1) is 0 Å². The van der Waals surface area contributed by atoms with Crippen molar-refractivity contribution in [3.63, 3.8) is 0 Å². The highest BCUT2D eigenvalue weighted by molar-refractivity contribution is 5.60. The van der Waals surface area contributed by atoms with Crippen molar-refractivity contribution in [1.82, 2.24) is 20.7 Å². The first kappa shape index (κ1) is 13.7. The maximum absolute atomic E-state index is 4.25. The molecule has 0 saturated carbocycles. The SMILES string of the molecule is CCCCC(C)NCc1n[nH]nc1-c1ccccc1. The van der Waals surface area contributed by atoms with E-state index in [4.69, 9.17) is 0 Å². The van der Waals surface area contributed by atoms with Crippen molar-refractivity contribution in [2.24, 2.45) is 0 Å². The van der Waals surface area contributed by atoms with Crippen LogP contribution < -0.4 is 5.32 Å². The number of benzene rings is 1. The molecule has 4 nitrogen and oxygen atoms in total. The zero-order valence-corrected chi connectivity index (χ0v) is 11.7. The number of nitrogens with one attached hydrogen (secondary N) is 2. The van der Waals surface area contributed by atoms with Gasteiger partial charge in [0.15, 0.2) is 0 Å². The minimum absolute atomic E-state index is 0.514. The highest BCUT2D eigenvalue weighted by Gasteiger charge is 2.10. The first-order valence-electron chi connectivity index (χ1n) is 6.99. The number of aromatic amines is 1. The van der Waals surface area contributed by atoms with Gasteiger partial charge in [-0.2, -0.15) is 15.4 Å². The molecule has 1 heterocycles. The van der Waals surface area contributed by atoms with Gasteiger partial charge >= 0.3 is 0 Å². The van der Waals surface area contributed by atoms with Gasteiger partial charge in [-0.15, -0.1) is 0 Å². The predicted molar refractivity (Wildman–Crippen MR) is 77.6 cm³/mol. The number of unbranched alkanes of at least 4 members (excludes halogenated alkanes) is 1. The summed E-state index contributed by atoms with van der Waals surface area (Å²) in [4.78, 5) is 0. The Labute approximate surface area is 114 Å². The normalized spacial score (nSPS) is 12.5. The first-order chi connectivity index (χ1) is 9.31. The molecule has 0 fully saturated rings. The van der Waals surface area contributed by atoms with Gasteiger partial charge in [0.1, 0.15) is 11.4 Å². The molecule has 0 aliphatic heterocycles. The molecule has 102 valence electrons. The molecular formula is C15H22N4. The third-order valence-corrected chi connectivity index (χ3v) is 3.28. The van der Waals surface area contributed by atoms with Crippen molar-refractivity contribution in [3.05, 3.63) is 36.0 Å². The molecule has 2 N–H and O–H groups in total. The van der Waals surface area contributed by atoms with Crippen LogP contribution in [0.1, 0.15) is 38.8 Å². The summed E-state index contributed by atoms with van der Waals surface area (Å²) in [5, 5.41) is 14.7. The Kier molecular flexibility index (Phi) is 5.10. The average Bonchev–Trinajstić information content (AvgIpc) is 2.92. The molecule has 1 aromatic carbocycles. The Morgan fingerprint density at radius 3 is 2.74 bits per heavy atom. The third-order valence-electron chi connectivity index (χ3n) is 3.28. The molecule has 2 rings (SSSR count). The van der Waals surface area contributed by atoms with Crippen LogP contribution in [0, 0.1) is 0 Å². The van der Waals surface area contributed by atoms with Gasteiger partial charge in [0.2, 0.25) is 0 Å². The number of hydrogen-bond donors (Lipinski definition) is 2. The molecular weight excluding hydrogens is 236 g/mol. The molecule has 0 radical (unpaired) electrons. The van der Waals surface area contributed by atoms with E-state index in [1.54, 1.807) is 0 Å². The quantitative estimate of drug-likeness (QED) is 0.802. The molecule has 0 aliphatic rings. The van der Waals surface area contributed by atoms with Gasteiger partial charge in [-0.25, -0.2) is 0 Å². The fourth-order valence-corrected chi connectivity index (χ4v) is 2.09. The maximum atomic E-state index is 4.25. The summed E-state index contributed by atoms with van der Waals surface area (Å²) >= 11 is 0. The zero-order valence-electron chi connectivity index (χ0n) is 11.7. The molecule has 1 unspecified atom stereocenters. The highest BCUT2D eigenvalue weighted by atomic mass is 15.3. The third kappa shape index (κ3) is 3.89. The summed E-state index contributed by atoms with van der Waals surface area (Å²) < 4.78 is 0. The summed E-state index contributed by atoms with van der Waals surface area (Å²) in [5.41, 5.74) is 3.03. The fourth-order valence-electron chi connectivity index (χ4n) is 2.09. The lowest BCUT2D eigenvalue weighted by Gasteiger charge is -2.12. The van der Waals surface area contributed by atoms with Crippen LogP contribution >= 0.6 is 0 Å². The average molecular weight is 258 g/mol. The van der Waals surface area contributed by atoms with E-state index in [-0.39, 0.29) is 0 Å². The van der Waals surface area contributed by atoms with Crippen molar-refractivity contribution in [3.8, 4) is 11.3 Å². The van der Waals surface area contributed by atoms with E-state index in [0.29, 0.717) is 6.04 Å². The largest absolute Gasteiger partial charge is 0.309 e. The van der Waals surface area contributed by atoms with Crippen LogP contribution in [-0.4, -0.2) is 21.5 Å². The van der Waals surface area contributed by atoms with E-state index in [0.717, 1.165) is 23.5 Å². The second-order valence-corrected chi connectivity index (χ2v) is 4.91. The molecule has 1 atom stereocenters. The first-order valence-corrected chi connectivity index (χ1v) is 6.99. The second-order valence-electron chi connectivity index (χ2n) is 4.91. The fraction of sp³-hybridized carbons (Fsp3) is 0.467. The van der Waals surface area contributed by atoms with Crippen LogP contribution in [0.15, 0.2) is 30.3 Å². The number of aromatic nitrogens is 3. The Balaban J connectivity index is 1.97. The monoisotopic (exact) mass is 258 g/mol. The summed E-state index contributed by atoms with van der Waals surface area (Å²) in [6, 6.07) is 10.7. The Morgan fingerprint density at radius 2 is 2.00 bits per heavy atom. The Bertz CT molecular complexity index is 478. The minimum atomic E-state index is 0.514. The van der Waals surface area contributed by atoms with E-state index >= 15 is 0 Å². The summed E-state index contributed by atoms with van der Waals surface area (Å²) in [6.45, 7) is 5.20. The van der Waals surface area contributed by atoms with Crippen molar-refractivity contribution in [2.75, 3.05) is 0 Å². The summed E-state index contributed by atoms with van der Waals surface area (Å²) in [5.74, 6) is 0. The topological polar surface area (TPSA) is 53.6 Å². The van der Waals surface area contributed by atoms with Gasteiger partial charge in [-0.05, 0) is 13.3 Å². The maximum Gasteiger partial charge on any atom is 0.117 e. The lowest BCUT2D eigenvalue weighted by molar-refractivity contribution is 0.491. The van der Waals surface area contributed by atoms with Crippen LogP contribution in [0.2, 0.25) is 0 Å². The smallest absolute Gasteiger partial charge is 0.117 e. The molecule has 4 heteroatoms. The van der Waals surface area contributed by atoms with E-state index < -0.39 is 0 Å². The molecule has 19 heavy (non-hydrogen) atoms. The zero-order chi connectivity index (χ0) is 13.5. The van der Waals surface area contributed by atoms with Crippen LogP contribution in [-0.2, 0) is 6.54 Å². The van der Waals surface area contributed by atoms with Gasteiger partial charge in [-0.1, -0.05) is 50.1 Å². The number of H-pyrrole nitrogens is 1. The van der Waals surface area contributed by atoms with Crippen LogP contribution in [0.5, 0.6) is 0 Å². The molecule has 0 amide bonds. The Hall–Kier alpha value is -1.68. The van der Waals surface area contributed by atoms with Crippen LogP contribution in [0.25, 0.3) is 11.3 Å². The number of rotatable bonds is 7. The van der Waals surface area contributed by atoms with Crippen LogP contribution in [0.3, 0.4) is 0 Å². The molecule has 2 aromatic rings. The van der Waals surface area contributed by atoms with E-state index in [1.807, 2.05) is 18.2 Å². The number of hydrogen-bond acceptors (Lipinski definition) is 3. The van der Waals surface area contributed by atoms with Crippen molar-refractivity contribution in [2.45, 2.75) is 45.7 Å². The van der Waals surface area contributed by atoms with Crippen molar-refractivity contribution >= 4 is 0 Å². The Morgan fingerprint density at radius 1 is 1.21 bits per heavy atom. The summed E-state index contributed by atoms with van der Waals surface area (Å²) in [6.07, 6.45) is 3.71. The van der Waals surface area contributed by atoms with Gasteiger partial charge in [-0.3, -0.25) is 0 Å².